The number of rotatable bonds is 4. The highest BCUT2D eigenvalue weighted by atomic mass is 32.1. The zero-order valence-corrected chi connectivity index (χ0v) is 13.6. The number of amides is 1. The predicted octanol–water partition coefficient (Wildman–Crippen LogP) is 1.75. The fourth-order valence-corrected chi connectivity index (χ4v) is 3.70. The average molecular weight is 308 g/mol. The van der Waals surface area contributed by atoms with Crippen molar-refractivity contribution < 1.29 is 4.79 Å². The molecule has 3 rings (SSSR count). The van der Waals surface area contributed by atoms with E-state index in [-0.39, 0.29) is 5.91 Å². The van der Waals surface area contributed by atoms with Crippen molar-refractivity contribution in [2.75, 3.05) is 36.8 Å². The first-order valence-electron chi connectivity index (χ1n) is 7.73. The summed E-state index contributed by atoms with van der Waals surface area (Å²) in [4.78, 5) is 17.6. The molecule has 6 heteroatoms. The molecule has 116 valence electrons. The molecule has 0 aromatic carbocycles. The fourth-order valence-electron chi connectivity index (χ4n) is 2.66. The van der Waals surface area contributed by atoms with Gasteiger partial charge in [0.25, 0.3) is 5.91 Å². The first kappa shape index (κ1) is 14.7. The molecule has 1 aliphatic carbocycles. The van der Waals surface area contributed by atoms with Crippen molar-refractivity contribution in [2.24, 2.45) is 0 Å². The number of carbonyl (C=O) groups is 1. The summed E-state index contributed by atoms with van der Waals surface area (Å²) >= 11 is 1.52. The van der Waals surface area contributed by atoms with Gasteiger partial charge in [0.15, 0.2) is 0 Å². The third kappa shape index (κ3) is 3.32. The maximum Gasteiger partial charge on any atom is 0.263 e. The molecule has 1 saturated carbocycles. The van der Waals surface area contributed by atoms with E-state index < -0.39 is 0 Å². The summed E-state index contributed by atoms with van der Waals surface area (Å²) in [6.07, 6.45) is 2.20. The van der Waals surface area contributed by atoms with E-state index in [0.717, 1.165) is 44.0 Å². The van der Waals surface area contributed by atoms with E-state index in [1.54, 1.807) is 0 Å². The van der Waals surface area contributed by atoms with Crippen molar-refractivity contribution >= 4 is 27.9 Å². The van der Waals surface area contributed by atoms with E-state index in [9.17, 15) is 4.79 Å². The van der Waals surface area contributed by atoms with Crippen LogP contribution in [0.5, 0.6) is 0 Å². The molecule has 2 fully saturated rings. The van der Waals surface area contributed by atoms with Crippen LogP contribution >= 0.6 is 11.3 Å². The van der Waals surface area contributed by atoms with Gasteiger partial charge in [-0.3, -0.25) is 9.69 Å². The molecular weight excluding hydrogens is 284 g/mol. The van der Waals surface area contributed by atoms with Crippen molar-refractivity contribution in [3.05, 3.63) is 10.9 Å². The summed E-state index contributed by atoms with van der Waals surface area (Å²) in [6, 6.07) is 2.93. The Morgan fingerprint density at radius 1 is 1.33 bits per heavy atom. The second-order valence-corrected chi connectivity index (χ2v) is 7.26. The lowest BCUT2D eigenvalue weighted by molar-refractivity contribution is 0.0956. The van der Waals surface area contributed by atoms with Crippen molar-refractivity contribution in [3.63, 3.8) is 0 Å². The molecule has 0 bridgehead atoms. The molecule has 0 atom stereocenters. The van der Waals surface area contributed by atoms with Crippen LogP contribution < -0.4 is 16.0 Å². The molecule has 5 nitrogen and oxygen atoms in total. The monoisotopic (exact) mass is 308 g/mol. The van der Waals surface area contributed by atoms with Gasteiger partial charge in [-0.1, -0.05) is 0 Å². The fraction of sp³-hybridized carbons (Fsp3) is 0.667. The second kappa shape index (κ2) is 5.85. The Kier molecular flexibility index (Phi) is 4.08. The van der Waals surface area contributed by atoms with E-state index in [4.69, 9.17) is 5.73 Å². The van der Waals surface area contributed by atoms with Crippen LogP contribution in [0.3, 0.4) is 0 Å². The Morgan fingerprint density at radius 3 is 2.57 bits per heavy atom. The summed E-state index contributed by atoms with van der Waals surface area (Å²) in [5, 5.41) is 4.14. The lowest BCUT2D eigenvalue weighted by Gasteiger charge is -2.37. The summed E-state index contributed by atoms with van der Waals surface area (Å²) < 4.78 is 0. The quantitative estimate of drug-likeness (QED) is 0.889. The molecule has 3 N–H and O–H groups in total. The molecular formula is C15H24N4OS. The van der Waals surface area contributed by atoms with Gasteiger partial charge in [-0.25, -0.2) is 0 Å². The number of piperazine rings is 1. The molecule has 1 aliphatic heterocycles. The maximum absolute atomic E-state index is 12.1. The first-order valence-corrected chi connectivity index (χ1v) is 8.55. The number of thiophene rings is 1. The van der Waals surface area contributed by atoms with Gasteiger partial charge in [-0.15, -0.1) is 11.3 Å². The van der Waals surface area contributed by atoms with Crippen LogP contribution in [0.25, 0.3) is 0 Å². The van der Waals surface area contributed by atoms with Gasteiger partial charge in [-0.2, -0.15) is 0 Å². The standard InChI is InChI=1S/C15H24N4OS/c1-10(2)18-5-7-19(8-6-18)13-9-12(16)14(21-13)15(20)17-11-3-4-11/h9-11H,3-8,16H2,1-2H3,(H,17,20). The topological polar surface area (TPSA) is 61.6 Å². The molecule has 2 aliphatic rings. The number of nitrogens with two attached hydrogens (primary N) is 1. The second-order valence-electron chi connectivity index (χ2n) is 6.23. The molecule has 0 radical (unpaired) electrons. The van der Waals surface area contributed by atoms with Crippen molar-refractivity contribution in [1.82, 2.24) is 10.2 Å². The number of nitrogen functional groups attached to an aromatic ring is 1. The average Bonchev–Trinajstić information content (AvgIpc) is 3.18. The number of hydrogen-bond donors (Lipinski definition) is 2. The number of anilines is 2. The van der Waals surface area contributed by atoms with Gasteiger partial charge in [0.2, 0.25) is 0 Å². The number of carbonyl (C=O) groups excluding carboxylic acids is 1. The van der Waals surface area contributed by atoms with Gasteiger partial charge < -0.3 is 16.0 Å². The number of nitrogens with one attached hydrogen (secondary N) is 1. The molecule has 21 heavy (non-hydrogen) atoms. The van der Waals surface area contributed by atoms with Crippen LogP contribution in [0.4, 0.5) is 10.7 Å². The van der Waals surface area contributed by atoms with Crippen molar-refractivity contribution in [3.8, 4) is 0 Å². The Hall–Kier alpha value is -1.27. The molecule has 2 heterocycles. The van der Waals surface area contributed by atoms with E-state index in [2.05, 4.69) is 29.0 Å². The third-order valence-corrected chi connectivity index (χ3v) is 5.43. The van der Waals surface area contributed by atoms with Crippen LogP contribution in [0, 0.1) is 0 Å². The van der Waals surface area contributed by atoms with Crippen molar-refractivity contribution in [1.29, 1.82) is 0 Å². The van der Waals surface area contributed by atoms with Gasteiger partial charge in [-0.05, 0) is 32.8 Å². The van der Waals surface area contributed by atoms with Gasteiger partial charge in [0, 0.05) is 38.3 Å². The van der Waals surface area contributed by atoms with Crippen LogP contribution in [-0.4, -0.2) is 49.1 Å². The van der Waals surface area contributed by atoms with Crippen LogP contribution in [0.2, 0.25) is 0 Å². The van der Waals surface area contributed by atoms with Gasteiger partial charge >= 0.3 is 0 Å². The van der Waals surface area contributed by atoms with Crippen LogP contribution in [0.15, 0.2) is 6.07 Å². The minimum atomic E-state index is -0.00735. The molecule has 1 amide bonds. The van der Waals surface area contributed by atoms with Gasteiger partial charge in [0.05, 0.1) is 10.7 Å². The largest absolute Gasteiger partial charge is 0.397 e. The SMILES string of the molecule is CC(C)N1CCN(c2cc(N)c(C(=O)NC3CC3)s2)CC1. The molecule has 0 unspecified atom stereocenters. The van der Waals surface area contributed by atoms with Gasteiger partial charge in [0.1, 0.15) is 4.88 Å². The normalized spacial score (nSPS) is 20.0. The van der Waals surface area contributed by atoms with Crippen LogP contribution in [-0.2, 0) is 0 Å². The number of nitrogens with zero attached hydrogens (tertiary/aromatic N) is 2. The summed E-state index contributed by atoms with van der Waals surface area (Å²) in [5.74, 6) is -0.00735. The zero-order valence-electron chi connectivity index (χ0n) is 12.8. The highest BCUT2D eigenvalue weighted by Crippen LogP contribution is 2.33. The summed E-state index contributed by atoms with van der Waals surface area (Å²) in [7, 11) is 0. The molecule has 0 spiro atoms. The van der Waals surface area contributed by atoms with E-state index >= 15 is 0 Å². The Bertz CT molecular complexity index is 516. The Morgan fingerprint density at radius 2 is 2.00 bits per heavy atom. The lowest BCUT2D eigenvalue weighted by Crippen LogP contribution is -2.48. The van der Waals surface area contributed by atoms with E-state index in [1.807, 2.05) is 6.07 Å². The van der Waals surface area contributed by atoms with E-state index in [1.165, 1.54) is 11.3 Å². The molecule has 1 aromatic heterocycles. The van der Waals surface area contributed by atoms with E-state index in [0.29, 0.717) is 22.6 Å². The minimum Gasteiger partial charge on any atom is -0.397 e. The third-order valence-electron chi connectivity index (χ3n) is 4.22. The van der Waals surface area contributed by atoms with Crippen LogP contribution in [0.1, 0.15) is 36.4 Å². The lowest BCUT2D eigenvalue weighted by atomic mass is 10.2. The minimum absolute atomic E-state index is 0.00735. The highest BCUT2D eigenvalue weighted by Gasteiger charge is 2.27. The summed E-state index contributed by atoms with van der Waals surface area (Å²) in [5.41, 5.74) is 6.64. The smallest absolute Gasteiger partial charge is 0.263 e. The molecule has 1 aromatic rings. The zero-order chi connectivity index (χ0) is 15.0. The highest BCUT2D eigenvalue weighted by molar-refractivity contribution is 7.18. The Labute approximate surface area is 130 Å². The summed E-state index contributed by atoms with van der Waals surface area (Å²) in [6.45, 7) is 8.61. The maximum atomic E-state index is 12.1. The first-order chi connectivity index (χ1) is 10.0. The molecule has 1 saturated heterocycles. The predicted molar refractivity (Wildman–Crippen MR) is 88.1 cm³/mol. The Balaban J connectivity index is 1.65. The van der Waals surface area contributed by atoms with Crippen molar-refractivity contribution in [2.45, 2.75) is 38.8 Å². The number of hydrogen-bond acceptors (Lipinski definition) is 5.